The van der Waals surface area contributed by atoms with Gasteiger partial charge in [0.25, 0.3) is 5.91 Å². The number of anilines is 1. The van der Waals surface area contributed by atoms with Gasteiger partial charge in [-0.3, -0.25) is 4.79 Å². The highest BCUT2D eigenvalue weighted by molar-refractivity contribution is 7.90. The highest BCUT2D eigenvalue weighted by atomic mass is 35.5. The molecule has 0 saturated heterocycles. The summed E-state index contributed by atoms with van der Waals surface area (Å²) in [5, 5.41) is 3.54. The third kappa shape index (κ3) is 4.43. The van der Waals surface area contributed by atoms with Crippen molar-refractivity contribution in [3.8, 4) is 11.1 Å². The maximum absolute atomic E-state index is 13.0. The van der Waals surface area contributed by atoms with Crippen LogP contribution in [0.25, 0.3) is 11.1 Å². The normalized spacial score (nSPS) is 11.2. The van der Waals surface area contributed by atoms with Gasteiger partial charge in [0.05, 0.1) is 4.90 Å². The molecule has 0 aromatic heterocycles. The van der Waals surface area contributed by atoms with E-state index in [2.05, 4.69) is 5.32 Å². The Morgan fingerprint density at radius 1 is 1.00 bits per heavy atom. The molecule has 0 aliphatic heterocycles. The lowest BCUT2D eigenvalue weighted by Crippen LogP contribution is -2.14. The largest absolute Gasteiger partial charge is 0.322 e. The van der Waals surface area contributed by atoms with E-state index in [1.54, 1.807) is 24.3 Å². The number of hydrogen-bond donors (Lipinski definition) is 1. The number of carbonyl (C=O) groups is 1. The molecule has 1 amide bonds. The van der Waals surface area contributed by atoms with Gasteiger partial charge in [0, 0.05) is 22.5 Å². The van der Waals surface area contributed by atoms with E-state index >= 15 is 0 Å². The van der Waals surface area contributed by atoms with Crippen molar-refractivity contribution in [2.75, 3.05) is 11.6 Å². The monoisotopic (exact) mass is 413 g/mol. The van der Waals surface area contributed by atoms with Crippen LogP contribution >= 0.6 is 11.6 Å². The van der Waals surface area contributed by atoms with Crippen LogP contribution in [0.4, 0.5) is 5.69 Å². The summed E-state index contributed by atoms with van der Waals surface area (Å²) in [5.41, 5.74) is 3.30. The second-order valence-electron chi connectivity index (χ2n) is 6.46. The van der Waals surface area contributed by atoms with Crippen molar-refractivity contribution < 1.29 is 13.2 Å². The fourth-order valence-corrected chi connectivity index (χ4v) is 3.83. The molecule has 144 valence electrons. The number of hydrogen-bond acceptors (Lipinski definition) is 3. The maximum Gasteiger partial charge on any atom is 0.256 e. The average Bonchev–Trinajstić information content (AvgIpc) is 2.69. The first kappa shape index (κ1) is 20.1. The molecule has 0 atom stereocenters. The summed E-state index contributed by atoms with van der Waals surface area (Å²) >= 11 is 6.15. The predicted octanol–water partition coefficient (Wildman–Crippen LogP) is 5.23. The zero-order chi connectivity index (χ0) is 20.3. The van der Waals surface area contributed by atoms with E-state index < -0.39 is 9.84 Å². The molecule has 0 fully saturated rings. The third-order valence-corrected chi connectivity index (χ3v) is 5.91. The fourth-order valence-electron chi connectivity index (χ4n) is 2.93. The van der Waals surface area contributed by atoms with Gasteiger partial charge in [-0.15, -0.1) is 0 Å². The van der Waals surface area contributed by atoms with Gasteiger partial charge in [0.15, 0.2) is 9.84 Å². The van der Waals surface area contributed by atoms with Crippen LogP contribution in [0.1, 0.15) is 22.8 Å². The molecule has 0 saturated carbocycles. The van der Waals surface area contributed by atoms with Gasteiger partial charge >= 0.3 is 0 Å². The number of sulfone groups is 1. The predicted molar refractivity (Wildman–Crippen MR) is 114 cm³/mol. The van der Waals surface area contributed by atoms with E-state index in [0.717, 1.165) is 23.8 Å². The quantitative estimate of drug-likeness (QED) is 0.623. The minimum absolute atomic E-state index is 0.169. The van der Waals surface area contributed by atoms with E-state index in [0.29, 0.717) is 21.8 Å². The van der Waals surface area contributed by atoms with E-state index in [1.807, 2.05) is 43.3 Å². The molecule has 4 nitrogen and oxygen atoms in total. The molecule has 0 aliphatic rings. The average molecular weight is 414 g/mol. The number of benzene rings is 3. The minimum atomic E-state index is -3.39. The standard InChI is InChI=1S/C22H20ClNO3S/c1-3-15-13-17(9-12-21(15)23)24-22(25)19-11-10-18(28(2,26)27)14-20(19)16-7-5-4-6-8-16/h4-14H,3H2,1-2H3,(H,24,25). The van der Waals surface area contributed by atoms with Crippen LogP contribution in [0.3, 0.4) is 0 Å². The van der Waals surface area contributed by atoms with Crippen LogP contribution in [-0.4, -0.2) is 20.6 Å². The molecule has 28 heavy (non-hydrogen) atoms. The molecule has 6 heteroatoms. The van der Waals surface area contributed by atoms with Crippen molar-refractivity contribution in [3.05, 3.63) is 82.9 Å². The molecule has 3 aromatic carbocycles. The van der Waals surface area contributed by atoms with Crippen molar-refractivity contribution in [2.45, 2.75) is 18.2 Å². The summed E-state index contributed by atoms with van der Waals surface area (Å²) in [6.45, 7) is 1.99. The van der Waals surface area contributed by atoms with Gasteiger partial charge in [0.2, 0.25) is 0 Å². The second kappa shape index (κ2) is 8.17. The Kier molecular flexibility index (Phi) is 5.87. The van der Waals surface area contributed by atoms with Gasteiger partial charge in [-0.1, -0.05) is 48.9 Å². The third-order valence-electron chi connectivity index (χ3n) is 4.43. The zero-order valence-electron chi connectivity index (χ0n) is 15.6. The first-order valence-corrected chi connectivity index (χ1v) is 11.1. The minimum Gasteiger partial charge on any atom is -0.322 e. The van der Waals surface area contributed by atoms with Crippen molar-refractivity contribution in [3.63, 3.8) is 0 Å². The maximum atomic E-state index is 13.0. The lowest BCUT2D eigenvalue weighted by Gasteiger charge is -2.13. The van der Waals surface area contributed by atoms with Gasteiger partial charge in [-0.25, -0.2) is 8.42 Å². The molecular weight excluding hydrogens is 394 g/mol. The molecule has 0 heterocycles. The van der Waals surface area contributed by atoms with E-state index in [4.69, 9.17) is 11.6 Å². The Morgan fingerprint density at radius 3 is 2.36 bits per heavy atom. The highest BCUT2D eigenvalue weighted by Gasteiger charge is 2.17. The Bertz CT molecular complexity index is 1130. The number of carbonyl (C=O) groups excluding carboxylic acids is 1. The molecule has 0 radical (unpaired) electrons. The topological polar surface area (TPSA) is 63.2 Å². The van der Waals surface area contributed by atoms with Gasteiger partial charge in [0.1, 0.15) is 0 Å². The van der Waals surface area contributed by atoms with Crippen molar-refractivity contribution >= 4 is 33.0 Å². The number of rotatable bonds is 5. The van der Waals surface area contributed by atoms with Crippen molar-refractivity contribution in [2.24, 2.45) is 0 Å². The molecule has 0 aliphatic carbocycles. The second-order valence-corrected chi connectivity index (χ2v) is 8.88. The summed E-state index contributed by atoms with van der Waals surface area (Å²) in [7, 11) is -3.39. The summed E-state index contributed by atoms with van der Waals surface area (Å²) in [6, 6.07) is 19.1. The van der Waals surface area contributed by atoms with Crippen molar-refractivity contribution in [1.29, 1.82) is 0 Å². The SMILES string of the molecule is CCc1cc(NC(=O)c2ccc(S(C)(=O)=O)cc2-c2ccccc2)ccc1Cl. The lowest BCUT2D eigenvalue weighted by molar-refractivity contribution is 0.102. The van der Waals surface area contributed by atoms with Gasteiger partial charge in [-0.05, 0) is 59.5 Å². The summed E-state index contributed by atoms with van der Waals surface area (Å²) < 4.78 is 24.0. The Morgan fingerprint density at radius 2 is 1.71 bits per heavy atom. The Labute approximate surface area is 170 Å². The van der Waals surface area contributed by atoms with E-state index in [9.17, 15) is 13.2 Å². The Hall–Kier alpha value is -2.63. The summed E-state index contributed by atoms with van der Waals surface area (Å²) in [4.78, 5) is 13.1. The fraction of sp³-hybridized carbons (Fsp3) is 0.136. The molecule has 1 N–H and O–H groups in total. The number of aryl methyl sites for hydroxylation is 1. The first-order valence-electron chi connectivity index (χ1n) is 8.79. The number of nitrogens with one attached hydrogen (secondary N) is 1. The van der Waals surface area contributed by atoms with Gasteiger partial charge in [-0.2, -0.15) is 0 Å². The van der Waals surface area contributed by atoms with Crippen LogP contribution in [0.15, 0.2) is 71.6 Å². The van der Waals surface area contributed by atoms with E-state index in [-0.39, 0.29) is 10.8 Å². The van der Waals surface area contributed by atoms with Crippen LogP contribution in [-0.2, 0) is 16.3 Å². The lowest BCUT2D eigenvalue weighted by atomic mass is 9.99. The number of amides is 1. The van der Waals surface area contributed by atoms with Crippen LogP contribution in [0.2, 0.25) is 5.02 Å². The highest BCUT2D eigenvalue weighted by Crippen LogP contribution is 2.28. The number of halogens is 1. The molecule has 0 bridgehead atoms. The molecule has 0 unspecified atom stereocenters. The molecule has 3 aromatic rings. The Balaban J connectivity index is 2.04. The first-order chi connectivity index (χ1) is 13.3. The van der Waals surface area contributed by atoms with Crippen LogP contribution < -0.4 is 5.32 Å². The zero-order valence-corrected chi connectivity index (χ0v) is 17.1. The van der Waals surface area contributed by atoms with Crippen molar-refractivity contribution in [1.82, 2.24) is 0 Å². The van der Waals surface area contributed by atoms with Crippen LogP contribution in [0.5, 0.6) is 0 Å². The van der Waals surface area contributed by atoms with Gasteiger partial charge < -0.3 is 5.32 Å². The summed E-state index contributed by atoms with van der Waals surface area (Å²) in [5.74, 6) is -0.316. The molecule has 0 spiro atoms. The molecular formula is C22H20ClNO3S. The smallest absolute Gasteiger partial charge is 0.256 e. The molecule has 3 rings (SSSR count). The summed E-state index contributed by atoms with van der Waals surface area (Å²) in [6.07, 6.45) is 1.90. The van der Waals surface area contributed by atoms with Crippen LogP contribution in [0, 0.1) is 0 Å². The van der Waals surface area contributed by atoms with E-state index in [1.165, 1.54) is 6.07 Å².